The maximum Gasteiger partial charge on any atom is 0.264 e. The maximum atomic E-state index is 13.6. The van der Waals surface area contributed by atoms with E-state index in [9.17, 15) is 18.0 Å². The lowest BCUT2D eigenvalue weighted by molar-refractivity contribution is -0.139. The molecule has 2 amide bonds. The van der Waals surface area contributed by atoms with E-state index in [1.165, 1.54) is 30.1 Å². The number of likely N-dealkylation sites (N-methyl/N-ethyl adjacent to an activating group) is 1. The minimum absolute atomic E-state index is 0.0392. The minimum atomic E-state index is -4.10. The molecule has 9 heteroatoms. The average molecular weight is 514 g/mol. The van der Waals surface area contributed by atoms with E-state index in [4.69, 9.17) is 11.6 Å². The summed E-state index contributed by atoms with van der Waals surface area (Å²) in [6, 6.07) is 20.9. The van der Waals surface area contributed by atoms with Crippen LogP contribution in [-0.2, 0) is 26.2 Å². The van der Waals surface area contributed by atoms with E-state index in [1.807, 2.05) is 31.2 Å². The van der Waals surface area contributed by atoms with Crippen molar-refractivity contribution in [3.8, 4) is 0 Å². The number of anilines is 1. The van der Waals surface area contributed by atoms with Crippen LogP contribution >= 0.6 is 11.6 Å². The molecule has 0 fully saturated rings. The second kappa shape index (κ2) is 11.4. The first-order chi connectivity index (χ1) is 16.6. The van der Waals surface area contributed by atoms with Gasteiger partial charge < -0.3 is 10.2 Å². The summed E-state index contributed by atoms with van der Waals surface area (Å²) in [5.41, 5.74) is 2.09. The van der Waals surface area contributed by atoms with Gasteiger partial charge in [0.1, 0.15) is 12.6 Å². The fraction of sp³-hybridized carbons (Fsp3) is 0.231. The molecule has 1 N–H and O–H groups in total. The number of sulfonamides is 1. The molecular formula is C26H28ClN3O4S. The lowest BCUT2D eigenvalue weighted by Crippen LogP contribution is -2.50. The van der Waals surface area contributed by atoms with Crippen LogP contribution in [0.3, 0.4) is 0 Å². The smallest absolute Gasteiger partial charge is 0.264 e. The third-order valence-electron chi connectivity index (χ3n) is 5.56. The summed E-state index contributed by atoms with van der Waals surface area (Å²) >= 11 is 6.15. The van der Waals surface area contributed by atoms with E-state index >= 15 is 0 Å². The quantitative estimate of drug-likeness (QED) is 0.468. The zero-order chi connectivity index (χ0) is 25.6. The van der Waals surface area contributed by atoms with E-state index in [2.05, 4.69) is 5.32 Å². The monoisotopic (exact) mass is 513 g/mol. The lowest BCUT2D eigenvalue weighted by Gasteiger charge is -2.31. The van der Waals surface area contributed by atoms with Gasteiger partial charge in [-0.25, -0.2) is 8.42 Å². The molecule has 184 valence electrons. The fourth-order valence-corrected chi connectivity index (χ4v) is 5.29. The van der Waals surface area contributed by atoms with E-state index < -0.39 is 28.5 Å². The highest BCUT2D eigenvalue weighted by Crippen LogP contribution is 2.26. The third-order valence-corrected chi connectivity index (χ3v) is 7.58. The summed E-state index contributed by atoms with van der Waals surface area (Å²) in [5, 5.41) is 2.90. The standard InChI is InChI=1S/C26H28ClN3O4S/c1-19-9-7-10-21(15-19)17-29(20(2)26(32)28-3)25(31)18-30(23-12-8-11-22(27)16-23)35(33,34)24-13-5-4-6-14-24/h4-16,20H,17-18H2,1-3H3,(H,28,32). The van der Waals surface area contributed by atoms with E-state index in [1.54, 1.807) is 43.3 Å². The molecule has 0 aliphatic heterocycles. The van der Waals surface area contributed by atoms with Crippen LogP contribution in [0.15, 0.2) is 83.8 Å². The summed E-state index contributed by atoms with van der Waals surface area (Å²) in [6.07, 6.45) is 0. The predicted molar refractivity (Wildman–Crippen MR) is 138 cm³/mol. The van der Waals surface area contributed by atoms with Crippen molar-refractivity contribution in [1.29, 1.82) is 0 Å². The fourth-order valence-electron chi connectivity index (χ4n) is 3.68. The Morgan fingerprint density at radius 3 is 2.29 bits per heavy atom. The molecule has 3 aromatic rings. The highest BCUT2D eigenvalue weighted by molar-refractivity contribution is 7.92. The van der Waals surface area contributed by atoms with Gasteiger partial charge in [-0.2, -0.15) is 0 Å². The maximum absolute atomic E-state index is 13.6. The summed E-state index contributed by atoms with van der Waals surface area (Å²) in [4.78, 5) is 27.5. The number of hydrogen-bond acceptors (Lipinski definition) is 4. The first kappa shape index (κ1) is 26.2. The number of halogens is 1. The molecule has 0 aliphatic carbocycles. The van der Waals surface area contributed by atoms with E-state index in [0.717, 1.165) is 15.4 Å². The van der Waals surface area contributed by atoms with Crippen molar-refractivity contribution in [2.24, 2.45) is 0 Å². The van der Waals surface area contributed by atoms with Gasteiger partial charge in [0.2, 0.25) is 11.8 Å². The first-order valence-corrected chi connectivity index (χ1v) is 12.8. The highest BCUT2D eigenvalue weighted by atomic mass is 35.5. The molecule has 1 unspecified atom stereocenters. The Hall–Kier alpha value is -3.36. The number of amides is 2. The summed E-state index contributed by atoms with van der Waals surface area (Å²) < 4.78 is 28.2. The molecule has 0 radical (unpaired) electrons. The van der Waals surface area contributed by atoms with Gasteiger partial charge in [0.05, 0.1) is 10.6 Å². The van der Waals surface area contributed by atoms with E-state index in [0.29, 0.717) is 5.02 Å². The molecule has 7 nitrogen and oxygen atoms in total. The second-order valence-electron chi connectivity index (χ2n) is 8.11. The molecular weight excluding hydrogens is 486 g/mol. The number of benzene rings is 3. The van der Waals surface area contributed by atoms with Gasteiger partial charge in [0.15, 0.2) is 0 Å². The van der Waals surface area contributed by atoms with Gasteiger partial charge in [-0.3, -0.25) is 13.9 Å². The first-order valence-electron chi connectivity index (χ1n) is 11.0. The number of rotatable bonds is 9. The number of carbonyl (C=O) groups is 2. The van der Waals surface area contributed by atoms with Crippen LogP contribution in [0.25, 0.3) is 0 Å². The summed E-state index contributed by atoms with van der Waals surface area (Å²) in [7, 11) is -2.61. The third kappa shape index (κ3) is 6.41. The SMILES string of the molecule is CNC(=O)C(C)N(Cc1cccc(C)c1)C(=O)CN(c1cccc(Cl)c1)S(=O)(=O)c1ccccc1. The number of nitrogens with zero attached hydrogens (tertiary/aromatic N) is 2. The van der Waals surface area contributed by atoms with Gasteiger partial charge in [-0.1, -0.05) is 65.7 Å². The Morgan fingerprint density at radius 2 is 1.66 bits per heavy atom. The van der Waals surface area contributed by atoms with Crippen molar-refractivity contribution in [2.75, 3.05) is 17.9 Å². The molecule has 3 aromatic carbocycles. The van der Waals surface area contributed by atoms with Crippen molar-refractivity contribution >= 4 is 39.1 Å². The van der Waals surface area contributed by atoms with Crippen molar-refractivity contribution < 1.29 is 18.0 Å². The van der Waals surface area contributed by atoms with Crippen LogP contribution in [0, 0.1) is 6.92 Å². The summed E-state index contributed by atoms with van der Waals surface area (Å²) in [6.45, 7) is 3.18. The second-order valence-corrected chi connectivity index (χ2v) is 10.4. The van der Waals surface area contributed by atoms with Crippen LogP contribution in [0.2, 0.25) is 5.02 Å². The van der Waals surface area contributed by atoms with Crippen molar-refractivity contribution in [3.63, 3.8) is 0 Å². The molecule has 0 heterocycles. The van der Waals surface area contributed by atoms with Crippen molar-refractivity contribution in [2.45, 2.75) is 31.3 Å². The summed E-state index contributed by atoms with van der Waals surface area (Å²) in [5.74, 6) is -0.881. The molecule has 0 saturated carbocycles. The molecule has 0 aromatic heterocycles. The van der Waals surface area contributed by atoms with Gasteiger partial charge in [0.25, 0.3) is 10.0 Å². The largest absolute Gasteiger partial charge is 0.357 e. The van der Waals surface area contributed by atoms with Gasteiger partial charge in [0, 0.05) is 18.6 Å². The number of aryl methyl sites for hydroxylation is 1. The molecule has 0 saturated heterocycles. The minimum Gasteiger partial charge on any atom is -0.357 e. The Kier molecular flexibility index (Phi) is 8.53. The Morgan fingerprint density at radius 1 is 0.971 bits per heavy atom. The van der Waals surface area contributed by atoms with Crippen LogP contribution in [0.4, 0.5) is 5.69 Å². The van der Waals surface area contributed by atoms with Crippen molar-refractivity contribution in [3.05, 3.63) is 95.0 Å². The zero-order valence-corrected chi connectivity index (χ0v) is 21.4. The molecule has 35 heavy (non-hydrogen) atoms. The van der Waals surface area contributed by atoms with Crippen LogP contribution in [0.1, 0.15) is 18.1 Å². The normalized spacial score (nSPS) is 12.0. The topological polar surface area (TPSA) is 86.8 Å². The molecule has 0 spiro atoms. The molecule has 0 bridgehead atoms. The molecule has 3 rings (SSSR count). The zero-order valence-electron chi connectivity index (χ0n) is 19.8. The van der Waals surface area contributed by atoms with Gasteiger partial charge in [-0.05, 0) is 49.7 Å². The number of nitrogens with one attached hydrogen (secondary N) is 1. The van der Waals surface area contributed by atoms with E-state index in [-0.39, 0.29) is 23.0 Å². The number of hydrogen-bond donors (Lipinski definition) is 1. The van der Waals surface area contributed by atoms with Crippen LogP contribution < -0.4 is 9.62 Å². The van der Waals surface area contributed by atoms with Gasteiger partial charge >= 0.3 is 0 Å². The Balaban J connectivity index is 2.02. The van der Waals surface area contributed by atoms with Crippen LogP contribution in [-0.4, -0.2) is 44.8 Å². The molecule has 0 aliphatic rings. The van der Waals surface area contributed by atoms with Gasteiger partial charge in [-0.15, -0.1) is 0 Å². The molecule has 1 atom stereocenters. The van der Waals surface area contributed by atoms with Crippen molar-refractivity contribution in [1.82, 2.24) is 10.2 Å². The lowest BCUT2D eigenvalue weighted by atomic mass is 10.1. The average Bonchev–Trinajstić information content (AvgIpc) is 2.85. The predicted octanol–water partition coefficient (Wildman–Crippen LogP) is 4.01. The number of carbonyl (C=O) groups excluding carboxylic acids is 2. The van der Waals surface area contributed by atoms with Crippen LogP contribution in [0.5, 0.6) is 0 Å². The highest BCUT2D eigenvalue weighted by Gasteiger charge is 2.32. The Labute approximate surface area is 211 Å². The Bertz CT molecular complexity index is 1300.